The monoisotopic (exact) mass is 184 g/mol. The van der Waals surface area contributed by atoms with Crippen molar-refractivity contribution < 1.29 is 0 Å². The molecule has 1 aliphatic rings. The molecule has 78 valence electrons. The van der Waals surface area contributed by atoms with Gasteiger partial charge in [0.25, 0.3) is 0 Å². The first-order valence-corrected chi connectivity index (χ1v) is 5.53. The van der Waals surface area contributed by atoms with Crippen molar-refractivity contribution in [1.82, 2.24) is 10.2 Å². The second-order valence-electron chi connectivity index (χ2n) is 4.99. The molecule has 0 aromatic heterocycles. The highest BCUT2D eigenvalue weighted by Gasteiger charge is 2.26. The van der Waals surface area contributed by atoms with Crippen molar-refractivity contribution in [2.24, 2.45) is 0 Å². The van der Waals surface area contributed by atoms with Gasteiger partial charge in [-0.15, -0.1) is 0 Å². The van der Waals surface area contributed by atoms with Crippen molar-refractivity contribution in [1.29, 1.82) is 0 Å². The zero-order chi connectivity index (χ0) is 9.90. The zero-order valence-corrected chi connectivity index (χ0v) is 9.56. The van der Waals surface area contributed by atoms with E-state index in [-0.39, 0.29) is 5.54 Å². The van der Waals surface area contributed by atoms with Crippen LogP contribution in [-0.2, 0) is 0 Å². The maximum absolute atomic E-state index is 3.66. The average molecular weight is 184 g/mol. The first kappa shape index (κ1) is 11.0. The largest absolute Gasteiger partial charge is 0.308 e. The molecule has 0 aromatic carbocycles. The molecule has 1 rings (SSSR count). The molecule has 13 heavy (non-hydrogen) atoms. The quantitative estimate of drug-likeness (QED) is 0.704. The summed E-state index contributed by atoms with van der Waals surface area (Å²) < 4.78 is 0. The van der Waals surface area contributed by atoms with Crippen LogP contribution in [0.15, 0.2) is 0 Å². The maximum atomic E-state index is 3.66. The molecule has 1 fully saturated rings. The van der Waals surface area contributed by atoms with Crippen LogP contribution >= 0.6 is 0 Å². The van der Waals surface area contributed by atoms with Gasteiger partial charge in [-0.3, -0.25) is 0 Å². The van der Waals surface area contributed by atoms with E-state index in [4.69, 9.17) is 0 Å². The molecule has 0 aromatic rings. The summed E-state index contributed by atoms with van der Waals surface area (Å²) in [5, 5.41) is 3.66. The lowest BCUT2D eigenvalue weighted by Gasteiger charge is -2.30. The summed E-state index contributed by atoms with van der Waals surface area (Å²) in [6, 6.07) is 0.664. The first-order chi connectivity index (χ1) is 6.03. The Morgan fingerprint density at radius 1 is 1.46 bits per heavy atom. The minimum Gasteiger partial charge on any atom is -0.308 e. The first-order valence-electron chi connectivity index (χ1n) is 5.53. The summed E-state index contributed by atoms with van der Waals surface area (Å²) in [5.74, 6) is 0. The normalized spacial score (nSPS) is 30.0. The number of hydrogen-bond acceptors (Lipinski definition) is 2. The Balaban J connectivity index is 2.52. The molecule has 1 aliphatic heterocycles. The van der Waals surface area contributed by atoms with Crippen LogP contribution in [0.4, 0.5) is 0 Å². The van der Waals surface area contributed by atoms with Gasteiger partial charge < -0.3 is 10.2 Å². The van der Waals surface area contributed by atoms with Crippen molar-refractivity contribution in [3.63, 3.8) is 0 Å². The van der Waals surface area contributed by atoms with E-state index < -0.39 is 0 Å². The van der Waals surface area contributed by atoms with Crippen LogP contribution < -0.4 is 5.32 Å². The SMILES string of the molecule is CCCN1CCC(C)NC(C)(C)C1. The molecule has 1 heterocycles. The van der Waals surface area contributed by atoms with E-state index in [2.05, 4.69) is 37.9 Å². The van der Waals surface area contributed by atoms with Gasteiger partial charge in [0.1, 0.15) is 0 Å². The van der Waals surface area contributed by atoms with Gasteiger partial charge >= 0.3 is 0 Å². The Kier molecular flexibility index (Phi) is 3.74. The molecule has 2 nitrogen and oxygen atoms in total. The number of nitrogens with zero attached hydrogens (tertiary/aromatic N) is 1. The van der Waals surface area contributed by atoms with Gasteiger partial charge in [-0.1, -0.05) is 6.92 Å². The van der Waals surface area contributed by atoms with Crippen LogP contribution in [0.3, 0.4) is 0 Å². The van der Waals surface area contributed by atoms with Gasteiger partial charge in [0.05, 0.1) is 0 Å². The maximum Gasteiger partial charge on any atom is 0.0254 e. The smallest absolute Gasteiger partial charge is 0.0254 e. The number of rotatable bonds is 2. The van der Waals surface area contributed by atoms with E-state index in [1.54, 1.807) is 0 Å². The van der Waals surface area contributed by atoms with Gasteiger partial charge in [-0.05, 0) is 46.7 Å². The van der Waals surface area contributed by atoms with E-state index in [1.165, 1.54) is 32.5 Å². The lowest BCUT2D eigenvalue weighted by Crippen LogP contribution is -2.48. The van der Waals surface area contributed by atoms with Crippen molar-refractivity contribution in [2.45, 2.75) is 52.1 Å². The van der Waals surface area contributed by atoms with Crippen LogP contribution in [0.25, 0.3) is 0 Å². The Hall–Kier alpha value is -0.0800. The van der Waals surface area contributed by atoms with E-state index in [0.717, 1.165) is 0 Å². The van der Waals surface area contributed by atoms with Crippen LogP contribution in [0.2, 0.25) is 0 Å². The molecule has 0 amide bonds. The molecule has 1 saturated heterocycles. The van der Waals surface area contributed by atoms with Crippen molar-refractivity contribution >= 4 is 0 Å². The summed E-state index contributed by atoms with van der Waals surface area (Å²) in [5.41, 5.74) is 0.283. The predicted molar refractivity (Wildman–Crippen MR) is 58.0 cm³/mol. The Labute approximate surface area is 82.7 Å². The minimum absolute atomic E-state index is 0.283. The summed E-state index contributed by atoms with van der Waals surface area (Å²) in [6.45, 7) is 12.8. The molecule has 0 bridgehead atoms. The van der Waals surface area contributed by atoms with Gasteiger partial charge in [0.2, 0.25) is 0 Å². The number of nitrogens with one attached hydrogen (secondary N) is 1. The van der Waals surface area contributed by atoms with Gasteiger partial charge in [-0.25, -0.2) is 0 Å². The molecule has 0 radical (unpaired) electrons. The molecule has 0 saturated carbocycles. The standard InChI is InChI=1S/C11H24N2/c1-5-7-13-8-6-10(2)12-11(3,4)9-13/h10,12H,5-9H2,1-4H3. The van der Waals surface area contributed by atoms with Crippen LogP contribution in [0.5, 0.6) is 0 Å². The van der Waals surface area contributed by atoms with Gasteiger partial charge in [0, 0.05) is 18.1 Å². The third-order valence-electron chi connectivity index (χ3n) is 2.67. The predicted octanol–water partition coefficient (Wildman–Crippen LogP) is 1.86. The lowest BCUT2D eigenvalue weighted by atomic mass is 10.0. The van der Waals surface area contributed by atoms with E-state index in [9.17, 15) is 0 Å². The molecule has 0 aliphatic carbocycles. The lowest BCUT2D eigenvalue weighted by molar-refractivity contribution is 0.230. The Morgan fingerprint density at radius 2 is 2.15 bits per heavy atom. The Bertz CT molecular complexity index is 154. The van der Waals surface area contributed by atoms with Crippen LogP contribution in [-0.4, -0.2) is 36.1 Å². The van der Waals surface area contributed by atoms with Crippen molar-refractivity contribution in [3.8, 4) is 0 Å². The van der Waals surface area contributed by atoms with E-state index >= 15 is 0 Å². The molecular formula is C11H24N2. The summed E-state index contributed by atoms with van der Waals surface area (Å²) in [4.78, 5) is 2.58. The average Bonchev–Trinajstić information content (AvgIpc) is 2.09. The number of hydrogen-bond donors (Lipinski definition) is 1. The van der Waals surface area contributed by atoms with Gasteiger partial charge in [0.15, 0.2) is 0 Å². The molecule has 1 N–H and O–H groups in total. The zero-order valence-electron chi connectivity index (χ0n) is 9.56. The fourth-order valence-corrected chi connectivity index (χ4v) is 2.31. The summed E-state index contributed by atoms with van der Waals surface area (Å²) in [6.07, 6.45) is 2.55. The fourth-order valence-electron chi connectivity index (χ4n) is 2.31. The second-order valence-corrected chi connectivity index (χ2v) is 4.99. The second kappa shape index (κ2) is 4.43. The molecular weight excluding hydrogens is 160 g/mol. The summed E-state index contributed by atoms with van der Waals surface area (Å²) in [7, 11) is 0. The van der Waals surface area contributed by atoms with Crippen molar-refractivity contribution in [2.75, 3.05) is 19.6 Å². The highest BCUT2D eigenvalue weighted by atomic mass is 15.2. The third-order valence-corrected chi connectivity index (χ3v) is 2.67. The van der Waals surface area contributed by atoms with Crippen LogP contribution in [0, 0.1) is 0 Å². The molecule has 0 spiro atoms. The molecule has 1 unspecified atom stereocenters. The summed E-state index contributed by atoms with van der Waals surface area (Å²) >= 11 is 0. The van der Waals surface area contributed by atoms with Crippen molar-refractivity contribution in [3.05, 3.63) is 0 Å². The van der Waals surface area contributed by atoms with E-state index in [1.807, 2.05) is 0 Å². The topological polar surface area (TPSA) is 15.3 Å². The fraction of sp³-hybridized carbons (Fsp3) is 1.00. The highest BCUT2D eigenvalue weighted by molar-refractivity contribution is 4.87. The highest BCUT2D eigenvalue weighted by Crippen LogP contribution is 2.13. The Morgan fingerprint density at radius 3 is 2.77 bits per heavy atom. The van der Waals surface area contributed by atoms with Crippen LogP contribution in [0.1, 0.15) is 40.5 Å². The van der Waals surface area contributed by atoms with Gasteiger partial charge in [-0.2, -0.15) is 0 Å². The minimum atomic E-state index is 0.283. The third kappa shape index (κ3) is 3.65. The van der Waals surface area contributed by atoms with E-state index in [0.29, 0.717) is 6.04 Å². The molecule has 1 atom stereocenters. The molecule has 2 heteroatoms.